The number of pyridine rings is 1. The van der Waals surface area contributed by atoms with Crippen LogP contribution in [0.15, 0.2) is 36.4 Å². The molecule has 1 unspecified atom stereocenters. The van der Waals surface area contributed by atoms with Gasteiger partial charge < -0.3 is 4.90 Å². The summed E-state index contributed by atoms with van der Waals surface area (Å²) in [5.41, 5.74) is 0.400. The predicted octanol–water partition coefficient (Wildman–Crippen LogP) is 5.98. The fourth-order valence-electron chi connectivity index (χ4n) is 5.90. The first-order valence-electron chi connectivity index (χ1n) is 12.2. The van der Waals surface area contributed by atoms with E-state index in [9.17, 15) is 26.3 Å². The van der Waals surface area contributed by atoms with Crippen molar-refractivity contribution in [1.82, 2.24) is 24.6 Å². The first kappa shape index (κ1) is 25.4. The maximum Gasteiger partial charge on any atom is 0.433 e. The van der Waals surface area contributed by atoms with Gasteiger partial charge in [0.15, 0.2) is 5.82 Å². The molecule has 2 fully saturated rings. The standard InChI is InChI=1S/C25H23ClF6N6/c1-14(24(27,28)29)36-10-15-7-17(26)5-6-18(15)38-21(11-36)34-35-22(38)16-8-23(9-16)12-37(13-23)20-4-2-3-19(33-20)25(30,31)32/h2-7,14,16H,8-13H2,1H3. The molecular weight excluding hydrogens is 534 g/mol. The minimum atomic E-state index is -4.50. The topological polar surface area (TPSA) is 50.1 Å². The second kappa shape index (κ2) is 8.57. The molecule has 1 spiro atoms. The van der Waals surface area contributed by atoms with Crippen molar-refractivity contribution in [2.45, 2.75) is 57.2 Å². The summed E-state index contributed by atoms with van der Waals surface area (Å²) in [6.45, 7) is 2.35. The SMILES string of the molecule is CC(N1Cc2cc(Cl)ccc2-n2c(nnc2C2CC3(C2)CN(c2cccc(C(F)(F)F)n2)C3)C1)C(F)(F)F. The Morgan fingerprint density at radius 2 is 1.74 bits per heavy atom. The zero-order chi connectivity index (χ0) is 27.0. The third-order valence-electron chi connectivity index (χ3n) is 7.90. The van der Waals surface area contributed by atoms with E-state index in [-0.39, 0.29) is 24.4 Å². The summed E-state index contributed by atoms with van der Waals surface area (Å²) < 4.78 is 81.8. The van der Waals surface area contributed by atoms with Crippen molar-refractivity contribution in [2.75, 3.05) is 18.0 Å². The van der Waals surface area contributed by atoms with Crippen LogP contribution in [-0.4, -0.2) is 50.0 Å². The number of hydrogen-bond acceptors (Lipinski definition) is 5. The lowest BCUT2D eigenvalue weighted by atomic mass is 9.57. The van der Waals surface area contributed by atoms with Crippen LogP contribution in [0.2, 0.25) is 5.02 Å². The Balaban J connectivity index is 1.22. The number of fused-ring (bicyclic) bond motifs is 3. The van der Waals surface area contributed by atoms with Crippen molar-refractivity contribution >= 4 is 17.4 Å². The van der Waals surface area contributed by atoms with Crippen LogP contribution in [0, 0.1) is 5.41 Å². The molecule has 1 saturated heterocycles. The fraction of sp³-hybridized carbons (Fsp3) is 0.480. The summed E-state index contributed by atoms with van der Waals surface area (Å²) >= 11 is 6.20. The van der Waals surface area contributed by atoms with E-state index in [1.807, 2.05) is 9.47 Å². The smallest absolute Gasteiger partial charge is 0.355 e. The molecule has 202 valence electrons. The molecule has 0 N–H and O–H groups in total. The van der Waals surface area contributed by atoms with Gasteiger partial charge in [0.1, 0.15) is 23.4 Å². The highest BCUT2D eigenvalue weighted by atomic mass is 35.5. The van der Waals surface area contributed by atoms with Crippen LogP contribution in [0.4, 0.5) is 32.2 Å². The van der Waals surface area contributed by atoms with Crippen LogP contribution < -0.4 is 4.90 Å². The van der Waals surface area contributed by atoms with Crippen LogP contribution in [0.25, 0.3) is 5.69 Å². The van der Waals surface area contributed by atoms with Crippen molar-refractivity contribution in [1.29, 1.82) is 0 Å². The van der Waals surface area contributed by atoms with Crippen LogP contribution >= 0.6 is 11.6 Å². The Bertz CT molecular complexity index is 1370. The first-order valence-corrected chi connectivity index (χ1v) is 12.5. The Hall–Kier alpha value is -2.86. The Morgan fingerprint density at radius 3 is 2.42 bits per heavy atom. The van der Waals surface area contributed by atoms with Gasteiger partial charge >= 0.3 is 12.4 Å². The van der Waals surface area contributed by atoms with E-state index in [1.54, 1.807) is 24.3 Å². The maximum absolute atomic E-state index is 13.6. The summed E-state index contributed by atoms with van der Waals surface area (Å²) in [7, 11) is 0. The Morgan fingerprint density at radius 1 is 1.00 bits per heavy atom. The molecule has 38 heavy (non-hydrogen) atoms. The molecule has 1 saturated carbocycles. The maximum atomic E-state index is 13.6. The number of rotatable bonds is 3. The molecular formula is C25H23ClF6N6. The molecule has 4 heterocycles. The van der Waals surface area contributed by atoms with E-state index >= 15 is 0 Å². The second-order valence-electron chi connectivity index (χ2n) is 10.5. The monoisotopic (exact) mass is 556 g/mol. The number of hydrogen-bond donors (Lipinski definition) is 0. The molecule has 0 radical (unpaired) electrons. The molecule has 0 bridgehead atoms. The van der Waals surface area contributed by atoms with Gasteiger partial charge in [-0.15, -0.1) is 10.2 Å². The van der Waals surface area contributed by atoms with Gasteiger partial charge in [-0.1, -0.05) is 17.7 Å². The number of benzene rings is 1. The zero-order valence-corrected chi connectivity index (χ0v) is 20.9. The zero-order valence-electron chi connectivity index (χ0n) is 20.2. The average molecular weight is 557 g/mol. The molecule has 2 aliphatic heterocycles. The molecule has 6 nitrogen and oxygen atoms in total. The van der Waals surface area contributed by atoms with Gasteiger partial charge in [0.2, 0.25) is 0 Å². The van der Waals surface area contributed by atoms with Gasteiger partial charge in [-0.25, -0.2) is 4.98 Å². The number of aromatic nitrogens is 4. The lowest BCUT2D eigenvalue weighted by molar-refractivity contribution is -0.182. The number of anilines is 1. The van der Waals surface area contributed by atoms with Gasteiger partial charge in [0, 0.05) is 36.0 Å². The van der Waals surface area contributed by atoms with Crippen molar-refractivity contribution in [3.63, 3.8) is 0 Å². The number of halogens is 7. The highest BCUT2D eigenvalue weighted by Crippen LogP contribution is 2.56. The van der Waals surface area contributed by atoms with Gasteiger partial charge in [-0.2, -0.15) is 26.3 Å². The number of alkyl halides is 6. The predicted molar refractivity (Wildman–Crippen MR) is 127 cm³/mol. The third kappa shape index (κ3) is 4.31. The van der Waals surface area contributed by atoms with Crippen molar-refractivity contribution < 1.29 is 26.3 Å². The molecule has 2 aromatic heterocycles. The number of nitrogens with zero attached hydrogens (tertiary/aromatic N) is 6. The minimum absolute atomic E-state index is 0.0210. The molecule has 1 atom stereocenters. The second-order valence-corrected chi connectivity index (χ2v) is 11.0. The summed E-state index contributed by atoms with van der Waals surface area (Å²) in [6, 6.07) is 7.37. The van der Waals surface area contributed by atoms with E-state index in [2.05, 4.69) is 15.2 Å². The molecule has 3 aromatic rings. The van der Waals surface area contributed by atoms with Gasteiger partial charge in [0.05, 0.1) is 12.2 Å². The van der Waals surface area contributed by atoms with Crippen LogP contribution in [0.1, 0.15) is 48.6 Å². The van der Waals surface area contributed by atoms with E-state index < -0.39 is 24.1 Å². The van der Waals surface area contributed by atoms with E-state index in [4.69, 9.17) is 11.6 Å². The molecule has 6 rings (SSSR count). The quantitative estimate of drug-likeness (QED) is 0.371. The normalized spacial score (nSPS) is 20.4. The van der Waals surface area contributed by atoms with Gasteiger partial charge in [-0.05, 0) is 55.7 Å². The van der Waals surface area contributed by atoms with Crippen LogP contribution in [0.5, 0.6) is 0 Å². The molecule has 1 aromatic carbocycles. The van der Waals surface area contributed by atoms with Crippen molar-refractivity contribution in [3.05, 3.63) is 64.3 Å². The highest BCUT2D eigenvalue weighted by molar-refractivity contribution is 6.30. The van der Waals surface area contributed by atoms with E-state index in [0.29, 0.717) is 46.8 Å². The molecule has 3 aliphatic rings. The lowest BCUT2D eigenvalue weighted by Gasteiger charge is -2.59. The summed E-state index contributed by atoms with van der Waals surface area (Å²) in [6.07, 6.45) is -7.39. The summed E-state index contributed by atoms with van der Waals surface area (Å²) in [5, 5.41) is 9.12. The summed E-state index contributed by atoms with van der Waals surface area (Å²) in [5.74, 6) is 1.45. The Kier molecular flexibility index (Phi) is 5.73. The fourth-order valence-corrected chi connectivity index (χ4v) is 6.10. The molecule has 13 heteroatoms. The van der Waals surface area contributed by atoms with E-state index in [1.165, 1.54) is 11.0 Å². The summed E-state index contributed by atoms with van der Waals surface area (Å²) in [4.78, 5) is 6.93. The lowest BCUT2D eigenvalue weighted by Crippen LogP contribution is -2.62. The van der Waals surface area contributed by atoms with Crippen molar-refractivity contribution in [2.24, 2.45) is 5.41 Å². The van der Waals surface area contributed by atoms with Crippen LogP contribution in [-0.2, 0) is 19.3 Å². The first-order chi connectivity index (χ1) is 17.8. The minimum Gasteiger partial charge on any atom is -0.355 e. The molecule has 1 aliphatic carbocycles. The van der Waals surface area contributed by atoms with E-state index in [0.717, 1.165) is 25.8 Å². The molecule has 0 amide bonds. The van der Waals surface area contributed by atoms with Crippen LogP contribution in [0.3, 0.4) is 0 Å². The Labute approximate surface area is 219 Å². The average Bonchev–Trinajstić information content (AvgIpc) is 3.11. The van der Waals surface area contributed by atoms with Gasteiger partial charge in [0.25, 0.3) is 0 Å². The highest BCUT2D eigenvalue weighted by Gasteiger charge is 2.55. The van der Waals surface area contributed by atoms with Crippen molar-refractivity contribution in [3.8, 4) is 5.69 Å². The largest absolute Gasteiger partial charge is 0.433 e. The van der Waals surface area contributed by atoms with Gasteiger partial charge in [-0.3, -0.25) is 9.47 Å². The third-order valence-corrected chi connectivity index (χ3v) is 8.14.